The molecule has 3 rings (SSSR count). The predicted molar refractivity (Wildman–Crippen MR) is 80.9 cm³/mol. The number of ether oxygens (including phenoxy) is 2. The molecule has 6 nitrogen and oxygen atoms in total. The Balaban J connectivity index is 1.56. The number of halogens is 2. The van der Waals surface area contributed by atoms with Gasteiger partial charge in [0, 0.05) is 17.4 Å². The van der Waals surface area contributed by atoms with Crippen molar-refractivity contribution in [1.29, 1.82) is 5.26 Å². The van der Waals surface area contributed by atoms with E-state index in [0.717, 1.165) is 0 Å². The van der Waals surface area contributed by atoms with Gasteiger partial charge in [-0.05, 0) is 36.4 Å². The molecule has 8 heteroatoms. The summed E-state index contributed by atoms with van der Waals surface area (Å²) in [6, 6.07) is 12.5. The van der Waals surface area contributed by atoms with Gasteiger partial charge in [-0.15, -0.1) is 8.78 Å². The number of nitrogens with one attached hydrogen (secondary N) is 2. The van der Waals surface area contributed by atoms with Crippen LogP contribution in [-0.4, -0.2) is 18.7 Å². The number of alkyl halides is 2. The minimum atomic E-state index is -3.67. The lowest BCUT2D eigenvalue weighted by atomic mass is 10.2. The smallest absolute Gasteiger partial charge is 0.395 e. The van der Waals surface area contributed by atoms with Crippen molar-refractivity contribution in [2.75, 3.05) is 17.2 Å². The molecule has 0 aromatic heterocycles. The average molecular weight is 331 g/mol. The summed E-state index contributed by atoms with van der Waals surface area (Å²) in [5, 5.41) is 14.1. The molecule has 0 spiro atoms. The van der Waals surface area contributed by atoms with Gasteiger partial charge in [0.1, 0.15) is 0 Å². The Bertz CT molecular complexity index is 816. The number of carbonyl (C=O) groups excluding carboxylic acids is 1. The van der Waals surface area contributed by atoms with Crippen LogP contribution in [0.4, 0.5) is 20.2 Å². The Morgan fingerprint density at radius 1 is 1.08 bits per heavy atom. The number of anilines is 2. The van der Waals surface area contributed by atoms with Crippen LogP contribution in [0.3, 0.4) is 0 Å². The topological polar surface area (TPSA) is 83.4 Å². The lowest BCUT2D eigenvalue weighted by molar-refractivity contribution is -0.286. The summed E-state index contributed by atoms with van der Waals surface area (Å²) < 4.78 is 34.5. The van der Waals surface area contributed by atoms with E-state index in [4.69, 9.17) is 5.26 Å². The molecular formula is C16H11F2N3O3. The highest BCUT2D eigenvalue weighted by atomic mass is 19.3. The van der Waals surface area contributed by atoms with E-state index >= 15 is 0 Å². The summed E-state index contributed by atoms with van der Waals surface area (Å²) in [4.78, 5) is 11.9. The second-order valence-corrected chi connectivity index (χ2v) is 4.92. The van der Waals surface area contributed by atoms with Crippen molar-refractivity contribution in [2.24, 2.45) is 0 Å². The number of fused-ring (bicyclic) bond motifs is 1. The van der Waals surface area contributed by atoms with Gasteiger partial charge in [0.25, 0.3) is 0 Å². The van der Waals surface area contributed by atoms with E-state index in [-0.39, 0.29) is 24.0 Å². The maximum absolute atomic E-state index is 12.9. The van der Waals surface area contributed by atoms with Gasteiger partial charge in [-0.25, -0.2) is 0 Å². The lowest BCUT2D eigenvalue weighted by Gasteiger charge is -2.08. The van der Waals surface area contributed by atoms with Gasteiger partial charge in [0.2, 0.25) is 5.91 Å². The zero-order valence-electron chi connectivity index (χ0n) is 12.2. The van der Waals surface area contributed by atoms with E-state index in [1.165, 1.54) is 18.2 Å². The minimum Gasteiger partial charge on any atom is -0.395 e. The highest BCUT2D eigenvalue weighted by Crippen LogP contribution is 2.42. The Morgan fingerprint density at radius 3 is 2.46 bits per heavy atom. The first-order valence-electron chi connectivity index (χ1n) is 6.89. The molecule has 0 atom stereocenters. The number of amides is 1. The highest BCUT2D eigenvalue weighted by molar-refractivity contribution is 5.93. The van der Waals surface area contributed by atoms with Crippen LogP contribution in [0.15, 0.2) is 42.5 Å². The average Bonchev–Trinajstić information content (AvgIpc) is 2.86. The van der Waals surface area contributed by atoms with Crippen molar-refractivity contribution < 1.29 is 23.0 Å². The number of nitrogens with zero attached hydrogens (tertiary/aromatic N) is 1. The molecule has 0 saturated carbocycles. The first-order chi connectivity index (χ1) is 11.4. The highest BCUT2D eigenvalue weighted by Gasteiger charge is 2.43. The van der Waals surface area contributed by atoms with Crippen LogP contribution in [0.2, 0.25) is 0 Å². The lowest BCUT2D eigenvalue weighted by Crippen LogP contribution is -2.25. The molecule has 2 aromatic rings. The third kappa shape index (κ3) is 3.52. The largest absolute Gasteiger partial charge is 0.586 e. The molecule has 1 amide bonds. The quantitative estimate of drug-likeness (QED) is 0.900. The van der Waals surface area contributed by atoms with Crippen LogP contribution in [0.5, 0.6) is 11.5 Å². The first kappa shape index (κ1) is 15.6. The van der Waals surface area contributed by atoms with Crippen LogP contribution in [-0.2, 0) is 4.79 Å². The van der Waals surface area contributed by atoms with Gasteiger partial charge < -0.3 is 20.1 Å². The van der Waals surface area contributed by atoms with Crippen LogP contribution < -0.4 is 20.1 Å². The summed E-state index contributed by atoms with van der Waals surface area (Å²) in [6.07, 6.45) is -3.67. The Hall–Kier alpha value is -3.34. The minimum absolute atomic E-state index is 0.0624. The van der Waals surface area contributed by atoms with Gasteiger partial charge in [-0.2, -0.15) is 5.26 Å². The molecular weight excluding hydrogens is 320 g/mol. The number of rotatable bonds is 4. The summed E-state index contributed by atoms with van der Waals surface area (Å²) in [6.45, 7) is -0.0734. The van der Waals surface area contributed by atoms with E-state index in [1.54, 1.807) is 24.3 Å². The maximum Gasteiger partial charge on any atom is 0.586 e. The fourth-order valence-electron chi connectivity index (χ4n) is 2.07. The molecule has 2 aromatic carbocycles. The molecule has 0 fully saturated rings. The van der Waals surface area contributed by atoms with Gasteiger partial charge in [0.05, 0.1) is 18.2 Å². The van der Waals surface area contributed by atoms with Crippen LogP contribution >= 0.6 is 0 Å². The monoisotopic (exact) mass is 331 g/mol. The number of nitriles is 1. The second kappa shape index (κ2) is 6.04. The zero-order valence-corrected chi connectivity index (χ0v) is 12.2. The van der Waals surface area contributed by atoms with Gasteiger partial charge in [0.15, 0.2) is 11.5 Å². The predicted octanol–water partition coefficient (Wildman–Crippen LogP) is 2.93. The molecule has 1 aliphatic rings. The van der Waals surface area contributed by atoms with Crippen molar-refractivity contribution >= 4 is 17.3 Å². The molecule has 0 aliphatic carbocycles. The molecule has 24 heavy (non-hydrogen) atoms. The van der Waals surface area contributed by atoms with E-state index in [9.17, 15) is 13.6 Å². The van der Waals surface area contributed by atoms with Crippen LogP contribution in [0.25, 0.3) is 0 Å². The van der Waals surface area contributed by atoms with E-state index in [0.29, 0.717) is 16.9 Å². The number of benzene rings is 2. The van der Waals surface area contributed by atoms with Crippen molar-refractivity contribution in [2.45, 2.75) is 6.29 Å². The molecule has 0 radical (unpaired) electrons. The Labute approximate surface area is 135 Å². The Morgan fingerprint density at radius 2 is 1.75 bits per heavy atom. The maximum atomic E-state index is 12.9. The van der Waals surface area contributed by atoms with E-state index in [2.05, 4.69) is 20.1 Å². The van der Waals surface area contributed by atoms with Crippen LogP contribution in [0, 0.1) is 11.3 Å². The molecule has 0 unspecified atom stereocenters. The van der Waals surface area contributed by atoms with E-state index in [1.807, 2.05) is 6.07 Å². The standard InChI is InChI=1S/C16H11F2N3O3/c17-16(18)23-13-6-5-12(7-14(13)24-16)20-9-15(22)21-11-3-1-10(8-19)2-4-11/h1-7,20H,9H2,(H,21,22). The Kier molecular flexibility index (Phi) is 3.92. The molecule has 1 aliphatic heterocycles. The van der Waals surface area contributed by atoms with E-state index < -0.39 is 6.29 Å². The number of carbonyl (C=O) groups is 1. The number of hydrogen-bond donors (Lipinski definition) is 2. The third-order valence-electron chi connectivity index (χ3n) is 3.15. The fourth-order valence-corrected chi connectivity index (χ4v) is 2.07. The van der Waals surface area contributed by atoms with Crippen molar-refractivity contribution in [3.63, 3.8) is 0 Å². The number of hydrogen-bond acceptors (Lipinski definition) is 5. The summed E-state index contributed by atoms with van der Waals surface area (Å²) in [5.41, 5.74) is 1.47. The summed E-state index contributed by atoms with van der Waals surface area (Å²) in [5.74, 6) is -0.493. The molecule has 0 saturated heterocycles. The summed E-state index contributed by atoms with van der Waals surface area (Å²) >= 11 is 0. The van der Waals surface area contributed by atoms with Gasteiger partial charge in [-0.1, -0.05) is 0 Å². The van der Waals surface area contributed by atoms with Gasteiger partial charge in [-0.3, -0.25) is 4.79 Å². The SMILES string of the molecule is N#Cc1ccc(NC(=O)CNc2ccc3c(c2)OC(F)(F)O3)cc1. The normalized spacial score (nSPS) is 13.9. The third-order valence-corrected chi connectivity index (χ3v) is 3.15. The second-order valence-electron chi connectivity index (χ2n) is 4.92. The van der Waals surface area contributed by atoms with Crippen LogP contribution in [0.1, 0.15) is 5.56 Å². The fraction of sp³-hybridized carbons (Fsp3) is 0.125. The van der Waals surface area contributed by atoms with Gasteiger partial charge >= 0.3 is 6.29 Å². The molecule has 2 N–H and O–H groups in total. The summed E-state index contributed by atoms with van der Waals surface area (Å²) in [7, 11) is 0. The van der Waals surface area contributed by atoms with Crippen molar-refractivity contribution in [1.82, 2.24) is 0 Å². The zero-order chi connectivity index (χ0) is 17.2. The molecule has 0 bridgehead atoms. The van der Waals surface area contributed by atoms with Crippen molar-refractivity contribution in [3.8, 4) is 17.6 Å². The molecule has 122 valence electrons. The van der Waals surface area contributed by atoms with Crippen molar-refractivity contribution in [3.05, 3.63) is 48.0 Å². The molecule has 1 heterocycles. The first-order valence-corrected chi connectivity index (χ1v) is 6.89.